The summed E-state index contributed by atoms with van der Waals surface area (Å²) >= 11 is 5.96. The van der Waals surface area contributed by atoms with Crippen molar-refractivity contribution in [1.29, 1.82) is 0 Å². The number of sulfonamides is 1. The van der Waals surface area contributed by atoms with E-state index >= 15 is 0 Å². The fourth-order valence-electron chi connectivity index (χ4n) is 5.03. The van der Waals surface area contributed by atoms with Crippen molar-refractivity contribution in [3.05, 3.63) is 64.7 Å². The van der Waals surface area contributed by atoms with E-state index in [4.69, 9.17) is 11.6 Å². The third kappa shape index (κ3) is 6.60. The normalized spacial score (nSPS) is 19.4. The number of halogens is 3. The highest BCUT2D eigenvalue weighted by molar-refractivity contribution is 7.89. The van der Waals surface area contributed by atoms with Crippen LogP contribution in [-0.4, -0.2) is 85.3 Å². The van der Waals surface area contributed by atoms with E-state index in [1.807, 2.05) is 4.90 Å². The molecule has 0 radical (unpaired) electrons. The van der Waals surface area contributed by atoms with Gasteiger partial charge in [0, 0.05) is 62.4 Å². The lowest BCUT2D eigenvalue weighted by Gasteiger charge is -2.42. The highest BCUT2D eigenvalue weighted by Crippen LogP contribution is 2.28. The van der Waals surface area contributed by atoms with Gasteiger partial charge in [-0.15, -0.1) is 0 Å². The Morgan fingerprint density at radius 2 is 1.73 bits per heavy atom. The molecular weight excluding hydrogens is 522 g/mol. The molecule has 2 aliphatic rings. The van der Waals surface area contributed by atoms with Gasteiger partial charge in [0.25, 0.3) is 0 Å². The lowest BCUT2D eigenvalue weighted by molar-refractivity contribution is 0.0932. The molecule has 0 bridgehead atoms. The Morgan fingerprint density at radius 3 is 2.41 bits per heavy atom. The molecule has 0 spiro atoms. The van der Waals surface area contributed by atoms with Crippen LogP contribution in [0.3, 0.4) is 0 Å². The number of urea groups is 1. The van der Waals surface area contributed by atoms with Gasteiger partial charge in [-0.2, -0.15) is 4.31 Å². The molecule has 2 saturated heterocycles. The average Bonchev–Trinajstić information content (AvgIpc) is 2.89. The van der Waals surface area contributed by atoms with Gasteiger partial charge in [0.15, 0.2) is 0 Å². The maximum atomic E-state index is 14.6. The number of hydrogen-bond donors (Lipinski definition) is 0. The second-order valence-corrected chi connectivity index (χ2v) is 11.9. The van der Waals surface area contributed by atoms with Crippen molar-refractivity contribution >= 4 is 27.7 Å². The van der Waals surface area contributed by atoms with Crippen molar-refractivity contribution in [2.75, 3.05) is 45.8 Å². The Kier molecular flexibility index (Phi) is 9.05. The van der Waals surface area contributed by atoms with Crippen molar-refractivity contribution < 1.29 is 22.0 Å². The van der Waals surface area contributed by atoms with Crippen molar-refractivity contribution in [3.63, 3.8) is 0 Å². The van der Waals surface area contributed by atoms with E-state index < -0.39 is 27.7 Å². The minimum Gasteiger partial charge on any atom is -0.323 e. The van der Waals surface area contributed by atoms with Crippen LogP contribution < -0.4 is 0 Å². The molecule has 2 aromatic carbocycles. The smallest absolute Gasteiger partial charge is 0.320 e. The van der Waals surface area contributed by atoms with Gasteiger partial charge in [0.1, 0.15) is 11.6 Å². The molecule has 0 aliphatic carbocycles. The molecule has 11 heteroatoms. The van der Waals surface area contributed by atoms with Gasteiger partial charge in [0.2, 0.25) is 10.0 Å². The minimum atomic E-state index is -4.11. The first-order chi connectivity index (χ1) is 17.7. The minimum absolute atomic E-state index is 0.00390. The summed E-state index contributed by atoms with van der Waals surface area (Å²) in [7, 11) is -4.11. The van der Waals surface area contributed by atoms with Crippen LogP contribution in [0, 0.1) is 11.6 Å². The quantitative estimate of drug-likeness (QED) is 0.508. The summed E-state index contributed by atoms with van der Waals surface area (Å²) in [6, 6.07) is 8.05. The molecule has 202 valence electrons. The summed E-state index contributed by atoms with van der Waals surface area (Å²) in [5.74, 6) is -1.34. The summed E-state index contributed by atoms with van der Waals surface area (Å²) in [5.41, 5.74) is -0.0620. The highest BCUT2D eigenvalue weighted by atomic mass is 35.5. The van der Waals surface area contributed by atoms with Gasteiger partial charge in [-0.1, -0.05) is 18.5 Å². The average molecular weight is 555 g/mol. The lowest BCUT2D eigenvalue weighted by Crippen LogP contribution is -2.57. The van der Waals surface area contributed by atoms with Gasteiger partial charge in [-0.05, 0) is 68.3 Å². The molecule has 1 atom stereocenters. The van der Waals surface area contributed by atoms with Crippen molar-refractivity contribution in [2.24, 2.45) is 0 Å². The van der Waals surface area contributed by atoms with Crippen LogP contribution in [0.2, 0.25) is 5.02 Å². The molecule has 2 fully saturated rings. The van der Waals surface area contributed by atoms with E-state index in [2.05, 4.69) is 11.8 Å². The number of piperidine rings is 1. The number of carbonyl (C=O) groups is 1. The Hall–Kier alpha value is -2.27. The first-order valence-corrected chi connectivity index (χ1v) is 14.5. The van der Waals surface area contributed by atoms with Crippen LogP contribution >= 0.6 is 11.6 Å². The molecule has 0 unspecified atom stereocenters. The topological polar surface area (TPSA) is 64.2 Å². The molecule has 2 heterocycles. The van der Waals surface area contributed by atoms with Gasteiger partial charge in [-0.25, -0.2) is 22.0 Å². The Morgan fingerprint density at radius 1 is 1.03 bits per heavy atom. The zero-order chi connectivity index (χ0) is 26.6. The largest absolute Gasteiger partial charge is 0.323 e. The zero-order valence-corrected chi connectivity index (χ0v) is 22.5. The van der Waals surface area contributed by atoms with E-state index in [1.165, 1.54) is 28.6 Å². The lowest BCUT2D eigenvalue weighted by atomic mass is 10.1. The Balaban J connectivity index is 1.57. The summed E-state index contributed by atoms with van der Waals surface area (Å²) in [4.78, 5) is 19.2. The van der Waals surface area contributed by atoms with Crippen molar-refractivity contribution in [2.45, 2.75) is 43.7 Å². The summed E-state index contributed by atoms with van der Waals surface area (Å²) in [6.07, 6.45) is 2.16. The first kappa shape index (κ1) is 27.8. The summed E-state index contributed by atoms with van der Waals surface area (Å²) in [5, 5.41) is 0.384. The number of hydrogen-bond acceptors (Lipinski definition) is 4. The van der Waals surface area contributed by atoms with E-state index in [-0.39, 0.29) is 29.6 Å². The number of benzene rings is 2. The number of carbonyl (C=O) groups excluding carboxylic acids is 1. The maximum absolute atomic E-state index is 14.6. The molecule has 0 saturated carbocycles. The van der Waals surface area contributed by atoms with Gasteiger partial charge >= 0.3 is 6.03 Å². The first-order valence-electron chi connectivity index (χ1n) is 12.7. The third-order valence-electron chi connectivity index (χ3n) is 7.01. The van der Waals surface area contributed by atoms with Crippen LogP contribution in [0.15, 0.2) is 47.4 Å². The predicted molar refractivity (Wildman–Crippen MR) is 139 cm³/mol. The van der Waals surface area contributed by atoms with Crippen molar-refractivity contribution in [1.82, 2.24) is 19.0 Å². The van der Waals surface area contributed by atoms with E-state index in [9.17, 15) is 22.0 Å². The molecule has 7 nitrogen and oxygen atoms in total. The van der Waals surface area contributed by atoms with Crippen LogP contribution in [0.5, 0.6) is 0 Å². The molecule has 2 amide bonds. The van der Waals surface area contributed by atoms with Crippen LogP contribution in [0.25, 0.3) is 0 Å². The SMILES string of the molecule is CCCN1CCN(C(=O)N2CCC[C@H](N(Cc3cc(F)ccc3F)S(=O)(=O)c3ccc(Cl)cc3)C2)CC1. The summed E-state index contributed by atoms with van der Waals surface area (Å²) in [6.45, 7) is 6.36. The second-order valence-electron chi connectivity index (χ2n) is 9.59. The van der Waals surface area contributed by atoms with Gasteiger partial charge < -0.3 is 9.80 Å². The molecular formula is C26H33ClF2N4O3S. The Labute approximate surface area is 222 Å². The molecule has 2 aliphatic heterocycles. The fourth-order valence-corrected chi connectivity index (χ4v) is 6.78. The maximum Gasteiger partial charge on any atom is 0.320 e. The molecule has 0 aromatic heterocycles. The third-order valence-corrected chi connectivity index (χ3v) is 9.18. The van der Waals surface area contributed by atoms with Crippen LogP contribution in [0.4, 0.5) is 13.6 Å². The summed E-state index contributed by atoms with van der Waals surface area (Å²) < 4.78 is 57.3. The molecule has 37 heavy (non-hydrogen) atoms. The van der Waals surface area contributed by atoms with Crippen LogP contribution in [0.1, 0.15) is 31.7 Å². The number of piperazine rings is 1. The number of likely N-dealkylation sites (tertiary alicyclic amines) is 1. The molecule has 0 N–H and O–H groups in total. The van der Waals surface area contributed by atoms with E-state index in [1.54, 1.807) is 4.90 Å². The number of rotatable bonds is 7. The number of amides is 2. The Bertz CT molecular complexity index is 1190. The fraction of sp³-hybridized carbons (Fsp3) is 0.500. The zero-order valence-electron chi connectivity index (χ0n) is 21.0. The van der Waals surface area contributed by atoms with Gasteiger partial charge in [0.05, 0.1) is 4.90 Å². The van der Waals surface area contributed by atoms with Crippen molar-refractivity contribution in [3.8, 4) is 0 Å². The highest BCUT2D eigenvalue weighted by Gasteiger charge is 2.37. The van der Waals surface area contributed by atoms with Crippen LogP contribution in [-0.2, 0) is 16.6 Å². The van der Waals surface area contributed by atoms with E-state index in [0.29, 0.717) is 37.5 Å². The molecule has 2 aromatic rings. The monoisotopic (exact) mass is 554 g/mol. The number of nitrogens with zero attached hydrogens (tertiary/aromatic N) is 4. The molecule has 4 rings (SSSR count). The second kappa shape index (κ2) is 12.1. The standard InChI is InChI=1S/C26H33ClF2N4O3S/c1-2-11-30-13-15-31(16-14-30)26(34)32-12-3-4-23(19-32)33(18-20-17-22(28)7-10-25(20)29)37(35,36)24-8-5-21(27)6-9-24/h5-10,17,23H,2-4,11-16,18-19H2,1H3/t23-/m0/s1. The predicted octanol–water partition coefficient (Wildman–Crippen LogP) is 4.42. The van der Waals surface area contributed by atoms with Gasteiger partial charge in [-0.3, -0.25) is 4.90 Å². The van der Waals surface area contributed by atoms with E-state index in [0.717, 1.165) is 44.3 Å².